The summed E-state index contributed by atoms with van der Waals surface area (Å²) in [5, 5.41) is 3.02. The van der Waals surface area contributed by atoms with Crippen molar-refractivity contribution in [3.63, 3.8) is 0 Å². The van der Waals surface area contributed by atoms with E-state index < -0.39 is 5.54 Å². The molecule has 1 heterocycles. The number of carbonyl (C=O) groups is 1. The molecule has 4 nitrogen and oxygen atoms in total. The lowest BCUT2D eigenvalue weighted by Gasteiger charge is -2.38. The highest BCUT2D eigenvalue weighted by Gasteiger charge is 2.37. The number of amides is 1. The third-order valence-electron chi connectivity index (χ3n) is 6.09. The van der Waals surface area contributed by atoms with E-state index in [0.717, 1.165) is 25.3 Å². The Morgan fingerprint density at radius 3 is 1.87 bits per heavy atom. The fourth-order valence-electron chi connectivity index (χ4n) is 3.81. The van der Waals surface area contributed by atoms with Crippen LogP contribution in [0.4, 0.5) is 5.69 Å². The highest BCUT2D eigenvalue weighted by molar-refractivity contribution is 5.98. The Morgan fingerprint density at radius 1 is 0.933 bits per heavy atom. The molecule has 0 unspecified atom stereocenters. The van der Waals surface area contributed by atoms with E-state index in [9.17, 15) is 4.79 Å². The molecule has 1 amide bonds. The number of hydrogen-bond acceptors (Lipinski definition) is 3. The van der Waals surface area contributed by atoms with Crippen molar-refractivity contribution in [2.24, 2.45) is 5.73 Å². The molecule has 0 saturated carbocycles. The predicted molar refractivity (Wildman–Crippen MR) is 128 cm³/mol. The van der Waals surface area contributed by atoms with E-state index in [1.54, 1.807) is 0 Å². The van der Waals surface area contributed by atoms with Crippen LogP contribution in [0.2, 0.25) is 0 Å². The van der Waals surface area contributed by atoms with Gasteiger partial charge < -0.3 is 11.1 Å². The Balaban J connectivity index is 0.00000320. The summed E-state index contributed by atoms with van der Waals surface area (Å²) in [6, 6.07) is 16.9. The van der Waals surface area contributed by atoms with Crippen LogP contribution in [0.5, 0.6) is 0 Å². The van der Waals surface area contributed by atoms with Crippen LogP contribution >= 0.6 is 12.4 Å². The molecule has 0 aliphatic carbocycles. The van der Waals surface area contributed by atoms with Gasteiger partial charge in [-0.25, -0.2) is 0 Å². The van der Waals surface area contributed by atoms with Crippen molar-refractivity contribution in [3.8, 4) is 0 Å². The molecule has 0 spiro atoms. The first-order valence-corrected chi connectivity index (χ1v) is 10.8. The largest absolute Gasteiger partial charge is 0.324 e. The number of rotatable bonds is 6. The van der Waals surface area contributed by atoms with E-state index in [4.69, 9.17) is 5.73 Å². The minimum Gasteiger partial charge on any atom is -0.324 e. The fraction of sp³-hybridized carbons (Fsp3) is 0.480. The second-order valence-electron chi connectivity index (χ2n) is 9.06. The first-order chi connectivity index (χ1) is 13.8. The van der Waals surface area contributed by atoms with Crippen molar-refractivity contribution in [2.75, 3.05) is 18.4 Å². The van der Waals surface area contributed by atoms with Gasteiger partial charge in [-0.2, -0.15) is 0 Å². The Morgan fingerprint density at radius 2 is 1.40 bits per heavy atom. The monoisotopic (exact) mass is 429 g/mol. The molecule has 5 heteroatoms. The number of anilines is 1. The van der Waals surface area contributed by atoms with E-state index in [1.807, 2.05) is 12.1 Å². The smallest absolute Gasteiger partial charge is 0.244 e. The first kappa shape index (κ1) is 24.4. The van der Waals surface area contributed by atoms with Crippen LogP contribution < -0.4 is 11.1 Å². The van der Waals surface area contributed by atoms with E-state index in [2.05, 4.69) is 74.3 Å². The molecule has 1 saturated heterocycles. The van der Waals surface area contributed by atoms with Gasteiger partial charge >= 0.3 is 0 Å². The summed E-state index contributed by atoms with van der Waals surface area (Å²) in [4.78, 5) is 15.2. The normalized spacial score (nSPS) is 16.4. The molecule has 0 aromatic heterocycles. The van der Waals surface area contributed by atoms with Crippen LogP contribution in [0, 0.1) is 0 Å². The summed E-state index contributed by atoms with van der Waals surface area (Å²) in [5.74, 6) is 0.958. The molecule has 0 bridgehead atoms. The molecular weight excluding hydrogens is 394 g/mol. The average Bonchev–Trinajstić information content (AvgIpc) is 2.70. The number of benzene rings is 2. The van der Waals surface area contributed by atoms with Crippen molar-refractivity contribution < 1.29 is 4.79 Å². The molecule has 2 aromatic rings. The maximum Gasteiger partial charge on any atom is 0.244 e. The van der Waals surface area contributed by atoms with E-state index in [0.29, 0.717) is 24.7 Å². The second-order valence-corrected chi connectivity index (χ2v) is 9.06. The number of nitrogens with zero attached hydrogens (tertiary/aromatic N) is 1. The van der Waals surface area contributed by atoms with Crippen LogP contribution in [-0.4, -0.2) is 29.4 Å². The zero-order valence-electron chi connectivity index (χ0n) is 18.7. The lowest BCUT2D eigenvalue weighted by Crippen LogP contribution is -2.57. The summed E-state index contributed by atoms with van der Waals surface area (Å²) < 4.78 is 0. The van der Waals surface area contributed by atoms with Crippen molar-refractivity contribution in [1.29, 1.82) is 0 Å². The van der Waals surface area contributed by atoms with Crippen LogP contribution in [0.15, 0.2) is 48.5 Å². The maximum absolute atomic E-state index is 12.8. The molecule has 0 atom stereocenters. The van der Waals surface area contributed by atoms with Crippen molar-refractivity contribution >= 4 is 24.0 Å². The summed E-state index contributed by atoms with van der Waals surface area (Å²) in [5.41, 5.74) is 10.5. The molecule has 1 aliphatic rings. The number of hydrogen-bond donors (Lipinski definition) is 2. The van der Waals surface area contributed by atoms with Gasteiger partial charge in [-0.15, -0.1) is 12.4 Å². The Hall–Kier alpha value is -1.88. The minimum absolute atomic E-state index is 0. The van der Waals surface area contributed by atoms with E-state index >= 15 is 0 Å². The standard InChI is InChI=1S/C25H35N3O.ClH/c1-18(2)21-7-5-20(6-8-21)17-28-15-13-25(26,14-16-28)24(29)27-23-11-9-22(10-12-23)19(3)4;/h5-12,18-19H,13-17,26H2,1-4H3,(H,27,29);1H. The van der Waals surface area contributed by atoms with Crippen LogP contribution in [0.1, 0.15) is 69.1 Å². The predicted octanol–water partition coefficient (Wildman–Crippen LogP) is 5.29. The van der Waals surface area contributed by atoms with Gasteiger partial charge in [0.1, 0.15) is 0 Å². The molecule has 30 heavy (non-hydrogen) atoms. The lowest BCUT2D eigenvalue weighted by atomic mass is 9.87. The van der Waals surface area contributed by atoms with Gasteiger partial charge in [0.15, 0.2) is 0 Å². The summed E-state index contributed by atoms with van der Waals surface area (Å²) in [6.45, 7) is 11.3. The van der Waals surface area contributed by atoms with Gasteiger partial charge in [-0.3, -0.25) is 9.69 Å². The zero-order valence-corrected chi connectivity index (χ0v) is 19.5. The lowest BCUT2D eigenvalue weighted by molar-refractivity contribution is -0.122. The molecule has 2 aromatic carbocycles. The van der Waals surface area contributed by atoms with E-state index in [1.165, 1.54) is 16.7 Å². The highest BCUT2D eigenvalue weighted by Crippen LogP contribution is 2.24. The first-order valence-electron chi connectivity index (χ1n) is 10.8. The summed E-state index contributed by atoms with van der Waals surface area (Å²) in [6.07, 6.45) is 1.35. The van der Waals surface area contributed by atoms with Gasteiger partial charge in [0, 0.05) is 25.3 Å². The average molecular weight is 430 g/mol. The molecule has 164 valence electrons. The number of nitrogens with two attached hydrogens (primary N) is 1. The van der Waals surface area contributed by atoms with E-state index in [-0.39, 0.29) is 18.3 Å². The fourth-order valence-corrected chi connectivity index (χ4v) is 3.81. The van der Waals surface area contributed by atoms with Crippen molar-refractivity contribution in [2.45, 2.75) is 64.5 Å². The minimum atomic E-state index is -0.797. The van der Waals surface area contributed by atoms with Crippen LogP contribution in [0.25, 0.3) is 0 Å². The SMILES string of the molecule is CC(C)c1ccc(CN2CCC(N)(C(=O)Nc3ccc(C(C)C)cc3)CC2)cc1.Cl. The molecule has 1 aliphatic heterocycles. The quantitative estimate of drug-likeness (QED) is 0.656. The molecule has 3 rings (SSSR count). The Labute approximate surface area is 187 Å². The van der Waals surface area contributed by atoms with Gasteiger partial charge in [-0.05, 0) is 53.5 Å². The molecule has 1 fully saturated rings. The second kappa shape index (κ2) is 10.4. The number of carbonyl (C=O) groups excluding carboxylic acids is 1. The van der Waals surface area contributed by atoms with Gasteiger partial charge in [-0.1, -0.05) is 64.1 Å². The topological polar surface area (TPSA) is 58.4 Å². The molecule has 0 radical (unpaired) electrons. The maximum atomic E-state index is 12.8. The van der Waals surface area contributed by atoms with Crippen LogP contribution in [-0.2, 0) is 11.3 Å². The summed E-state index contributed by atoms with van der Waals surface area (Å²) >= 11 is 0. The zero-order chi connectivity index (χ0) is 21.0. The number of piperidine rings is 1. The molecular formula is C25H36ClN3O. The number of nitrogens with one attached hydrogen (secondary N) is 1. The van der Waals surface area contributed by atoms with Crippen molar-refractivity contribution in [3.05, 3.63) is 65.2 Å². The third-order valence-corrected chi connectivity index (χ3v) is 6.09. The van der Waals surface area contributed by atoms with Crippen molar-refractivity contribution in [1.82, 2.24) is 4.90 Å². The van der Waals surface area contributed by atoms with Crippen LogP contribution in [0.3, 0.4) is 0 Å². The third kappa shape index (κ3) is 6.07. The van der Waals surface area contributed by atoms with Gasteiger partial charge in [0.2, 0.25) is 5.91 Å². The Bertz CT molecular complexity index is 807. The van der Waals surface area contributed by atoms with Gasteiger partial charge in [0.25, 0.3) is 0 Å². The summed E-state index contributed by atoms with van der Waals surface area (Å²) in [7, 11) is 0. The van der Waals surface area contributed by atoms with Gasteiger partial charge in [0.05, 0.1) is 5.54 Å². The number of halogens is 1. The number of likely N-dealkylation sites (tertiary alicyclic amines) is 1. The Kier molecular flexibility index (Phi) is 8.48. The molecule has 3 N–H and O–H groups in total. The highest BCUT2D eigenvalue weighted by atomic mass is 35.5.